The van der Waals surface area contributed by atoms with Crippen molar-refractivity contribution >= 4 is 27.7 Å². The molecule has 0 unspecified atom stereocenters. The van der Waals surface area contributed by atoms with Crippen LogP contribution in [0.25, 0.3) is 5.69 Å². The van der Waals surface area contributed by atoms with Gasteiger partial charge < -0.3 is 0 Å². The van der Waals surface area contributed by atoms with Crippen LogP contribution in [0.15, 0.2) is 64.6 Å². The van der Waals surface area contributed by atoms with E-state index in [1.807, 2.05) is 34.9 Å². The fourth-order valence-corrected chi connectivity index (χ4v) is 6.04. The van der Waals surface area contributed by atoms with Crippen LogP contribution < -0.4 is 0 Å². The minimum Gasteiger partial charge on any atom is -0.274 e. The van der Waals surface area contributed by atoms with Gasteiger partial charge in [0, 0.05) is 23.9 Å². The highest BCUT2D eigenvalue weighted by Gasteiger charge is 2.40. The Bertz CT molecular complexity index is 1190. The highest BCUT2D eigenvalue weighted by atomic mass is 32.2. The Morgan fingerprint density at radius 2 is 1.72 bits per heavy atom. The average Bonchev–Trinajstić information content (AvgIpc) is 3.47. The van der Waals surface area contributed by atoms with Gasteiger partial charge in [-0.2, -0.15) is 0 Å². The molecule has 2 heterocycles. The molecule has 1 amide bonds. The standard InChI is InChI=1S/C20H18N4O3S2/c25-19-16-8-4-5-9-17(16)29(26,27)23(19)12-13-28-20-22-21-18(14-10-11-14)24(20)15-6-2-1-3-7-15/h1-9,14H,10-13H2. The van der Waals surface area contributed by atoms with Gasteiger partial charge in [-0.15, -0.1) is 10.2 Å². The summed E-state index contributed by atoms with van der Waals surface area (Å²) in [5.74, 6) is 1.29. The Labute approximate surface area is 172 Å². The zero-order chi connectivity index (χ0) is 20.0. The van der Waals surface area contributed by atoms with Crippen LogP contribution in [-0.2, 0) is 10.0 Å². The van der Waals surface area contributed by atoms with Crippen LogP contribution in [0, 0.1) is 0 Å². The molecule has 0 radical (unpaired) electrons. The number of fused-ring (bicyclic) bond motifs is 1. The minimum absolute atomic E-state index is 0.0819. The third-order valence-corrected chi connectivity index (χ3v) is 7.80. The Balaban J connectivity index is 1.36. The zero-order valence-electron chi connectivity index (χ0n) is 15.4. The second kappa shape index (κ2) is 7.00. The van der Waals surface area contributed by atoms with Crippen LogP contribution in [0.3, 0.4) is 0 Å². The molecule has 2 aliphatic rings. The summed E-state index contributed by atoms with van der Waals surface area (Å²) in [6.45, 7) is 0.0843. The summed E-state index contributed by atoms with van der Waals surface area (Å²) >= 11 is 1.41. The number of aromatic nitrogens is 3. The second-order valence-corrected chi connectivity index (χ2v) is 9.91. The highest BCUT2D eigenvalue weighted by molar-refractivity contribution is 7.99. The molecule has 1 aliphatic carbocycles. The molecule has 29 heavy (non-hydrogen) atoms. The van der Waals surface area contributed by atoms with Gasteiger partial charge in [-0.3, -0.25) is 9.36 Å². The van der Waals surface area contributed by atoms with E-state index in [2.05, 4.69) is 10.2 Å². The van der Waals surface area contributed by atoms with E-state index >= 15 is 0 Å². The molecule has 0 spiro atoms. The van der Waals surface area contributed by atoms with Gasteiger partial charge in [0.1, 0.15) is 10.7 Å². The van der Waals surface area contributed by atoms with Crippen molar-refractivity contribution in [3.63, 3.8) is 0 Å². The SMILES string of the molecule is O=C1c2ccccc2S(=O)(=O)N1CCSc1nnc(C2CC2)n1-c1ccccc1. The lowest BCUT2D eigenvalue weighted by Crippen LogP contribution is -2.32. The molecule has 0 N–H and O–H groups in total. The molecule has 0 bridgehead atoms. The number of thioether (sulfide) groups is 1. The van der Waals surface area contributed by atoms with Crippen molar-refractivity contribution in [2.45, 2.75) is 28.8 Å². The average molecular weight is 427 g/mol. The first-order valence-corrected chi connectivity index (χ1v) is 11.8. The van der Waals surface area contributed by atoms with Crippen molar-refractivity contribution in [2.24, 2.45) is 0 Å². The van der Waals surface area contributed by atoms with Gasteiger partial charge in [0.2, 0.25) is 0 Å². The zero-order valence-corrected chi connectivity index (χ0v) is 17.1. The molecule has 9 heteroatoms. The normalized spacial score (nSPS) is 17.5. The molecule has 148 valence electrons. The molecule has 5 rings (SSSR count). The van der Waals surface area contributed by atoms with Crippen molar-refractivity contribution in [1.82, 2.24) is 19.1 Å². The number of sulfonamides is 1. The first-order valence-electron chi connectivity index (χ1n) is 9.37. The van der Waals surface area contributed by atoms with Crippen molar-refractivity contribution in [1.29, 1.82) is 0 Å². The van der Waals surface area contributed by atoms with Crippen LogP contribution >= 0.6 is 11.8 Å². The van der Waals surface area contributed by atoms with Crippen LogP contribution in [0.4, 0.5) is 0 Å². The Kier molecular flexibility index (Phi) is 4.44. The molecule has 7 nitrogen and oxygen atoms in total. The van der Waals surface area contributed by atoms with E-state index in [-0.39, 0.29) is 17.0 Å². The summed E-state index contributed by atoms with van der Waals surface area (Å²) in [5.41, 5.74) is 1.22. The third kappa shape index (κ3) is 3.14. The summed E-state index contributed by atoms with van der Waals surface area (Å²) in [6, 6.07) is 16.2. The largest absolute Gasteiger partial charge is 0.274 e. The molecule has 0 saturated heterocycles. The summed E-state index contributed by atoms with van der Waals surface area (Å²) in [6.07, 6.45) is 2.21. The molecule has 1 aliphatic heterocycles. The van der Waals surface area contributed by atoms with Crippen LogP contribution in [0.2, 0.25) is 0 Å². The van der Waals surface area contributed by atoms with E-state index in [9.17, 15) is 13.2 Å². The minimum atomic E-state index is -3.78. The fourth-order valence-electron chi connectivity index (χ4n) is 3.47. The molecular weight excluding hydrogens is 408 g/mol. The molecule has 3 aromatic rings. The maximum atomic E-state index is 12.7. The number of para-hydroxylation sites is 1. The first-order chi connectivity index (χ1) is 14.1. The van der Waals surface area contributed by atoms with Crippen molar-refractivity contribution in [3.05, 3.63) is 66.0 Å². The molecule has 0 atom stereocenters. The first kappa shape index (κ1) is 18.4. The summed E-state index contributed by atoms with van der Waals surface area (Å²) in [7, 11) is -3.78. The Hall–Kier alpha value is -2.65. The molecule has 1 fully saturated rings. The number of benzene rings is 2. The van der Waals surface area contributed by atoms with Crippen LogP contribution in [0.1, 0.15) is 34.9 Å². The van der Waals surface area contributed by atoms with Gasteiger partial charge in [-0.05, 0) is 37.1 Å². The van der Waals surface area contributed by atoms with Gasteiger partial charge in [0.15, 0.2) is 5.16 Å². The van der Waals surface area contributed by atoms with E-state index in [0.717, 1.165) is 28.7 Å². The quantitative estimate of drug-likeness (QED) is 0.563. The lowest BCUT2D eigenvalue weighted by atomic mass is 10.2. The van der Waals surface area contributed by atoms with Gasteiger partial charge in [0.25, 0.3) is 15.9 Å². The van der Waals surface area contributed by atoms with E-state index in [1.165, 1.54) is 17.8 Å². The van der Waals surface area contributed by atoms with E-state index in [4.69, 9.17) is 0 Å². The van der Waals surface area contributed by atoms with E-state index < -0.39 is 15.9 Å². The number of nitrogens with zero attached hydrogens (tertiary/aromatic N) is 4. The predicted octanol–water partition coefficient (Wildman–Crippen LogP) is 3.08. The van der Waals surface area contributed by atoms with Crippen LogP contribution in [-0.4, -0.2) is 45.7 Å². The second-order valence-electron chi connectivity index (χ2n) is 7.01. The Morgan fingerprint density at radius 3 is 2.45 bits per heavy atom. The molecular formula is C20H18N4O3S2. The molecule has 2 aromatic carbocycles. The smallest absolute Gasteiger partial charge is 0.269 e. The maximum absolute atomic E-state index is 12.7. The van der Waals surface area contributed by atoms with Gasteiger partial charge in [-0.1, -0.05) is 42.1 Å². The number of hydrogen-bond acceptors (Lipinski definition) is 6. The number of hydrogen-bond donors (Lipinski definition) is 0. The third-order valence-electron chi connectivity index (χ3n) is 5.05. The predicted molar refractivity (Wildman–Crippen MR) is 109 cm³/mol. The number of amides is 1. The molecule has 1 aromatic heterocycles. The lowest BCUT2D eigenvalue weighted by Gasteiger charge is -2.15. The Morgan fingerprint density at radius 1 is 1.00 bits per heavy atom. The van der Waals surface area contributed by atoms with Crippen molar-refractivity contribution in [3.8, 4) is 5.69 Å². The number of rotatable bonds is 6. The summed E-state index contributed by atoms with van der Waals surface area (Å²) in [5, 5.41) is 9.42. The number of carbonyl (C=O) groups excluding carboxylic acids is 1. The van der Waals surface area contributed by atoms with Gasteiger partial charge in [0.05, 0.1) is 5.56 Å². The maximum Gasteiger partial charge on any atom is 0.269 e. The van der Waals surface area contributed by atoms with Gasteiger partial charge in [-0.25, -0.2) is 12.7 Å². The fraction of sp³-hybridized carbons (Fsp3) is 0.250. The topological polar surface area (TPSA) is 85.2 Å². The van der Waals surface area contributed by atoms with Crippen molar-refractivity contribution < 1.29 is 13.2 Å². The van der Waals surface area contributed by atoms with Gasteiger partial charge >= 0.3 is 0 Å². The number of carbonyl (C=O) groups is 1. The highest BCUT2D eigenvalue weighted by Crippen LogP contribution is 2.41. The van der Waals surface area contributed by atoms with E-state index in [1.54, 1.807) is 18.2 Å². The molecule has 1 saturated carbocycles. The van der Waals surface area contributed by atoms with E-state index in [0.29, 0.717) is 16.8 Å². The summed E-state index contributed by atoms with van der Waals surface area (Å²) < 4.78 is 28.4. The summed E-state index contributed by atoms with van der Waals surface area (Å²) in [4.78, 5) is 12.6. The monoisotopic (exact) mass is 426 g/mol. The lowest BCUT2D eigenvalue weighted by molar-refractivity contribution is 0.0876. The van der Waals surface area contributed by atoms with Crippen LogP contribution in [0.5, 0.6) is 0 Å². The van der Waals surface area contributed by atoms with Crippen molar-refractivity contribution in [2.75, 3.05) is 12.3 Å².